The maximum atomic E-state index is 12.0. The number of halogens is 1. The Balaban J connectivity index is 1.82. The Morgan fingerprint density at radius 2 is 2.29 bits per heavy atom. The predicted molar refractivity (Wildman–Crippen MR) is 74.1 cm³/mol. The molecule has 1 atom stereocenters. The number of carbonyl (C=O) groups excluding carboxylic acids is 1. The Kier molecular flexibility index (Phi) is 4.59. The minimum atomic E-state index is -0.0953. The number of carbonyl (C=O) groups is 1. The number of hydrogen-bond acceptors (Lipinski definition) is 3. The minimum Gasteiger partial charge on any atom is -0.341 e. The highest BCUT2D eigenvalue weighted by atomic mass is 79.9. The van der Waals surface area contributed by atoms with E-state index in [9.17, 15) is 4.79 Å². The van der Waals surface area contributed by atoms with Gasteiger partial charge in [0.1, 0.15) is 0 Å². The monoisotopic (exact) mass is 316 g/mol. The van der Waals surface area contributed by atoms with E-state index in [1.165, 1.54) is 4.88 Å². The first-order valence-corrected chi connectivity index (χ1v) is 7.60. The van der Waals surface area contributed by atoms with Gasteiger partial charge in [-0.15, -0.1) is 11.3 Å². The summed E-state index contributed by atoms with van der Waals surface area (Å²) in [5, 5.41) is 5.34. The van der Waals surface area contributed by atoms with Crippen molar-refractivity contribution in [2.45, 2.75) is 32.4 Å². The SMILES string of the molecule is CC(NCc1sccc1Br)C(=O)N1CCCC1. The van der Waals surface area contributed by atoms with Gasteiger partial charge in [-0.25, -0.2) is 0 Å². The second-order valence-corrected chi connectivity index (χ2v) is 6.18. The minimum absolute atomic E-state index is 0.0953. The van der Waals surface area contributed by atoms with Crippen LogP contribution in [0.5, 0.6) is 0 Å². The fraction of sp³-hybridized carbons (Fsp3) is 0.583. The van der Waals surface area contributed by atoms with Crippen LogP contribution in [0, 0.1) is 0 Å². The first kappa shape index (κ1) is 13.1. The lowest BCUT2D eigenvalue weighted by molar-refractivity contribution is -0.131. The molecule has 2 heterocycles. The summed E-state index contributed by atoms with van der Waals surface area (Å²) in [6.45, 7) is 4.54. The van der Waals surface area contributed by atoms with Crippen molar-refractivity contribution in [3.63, 3.8) is 0 Å². The topological polar surface area (TPSA) is 32.3 Å². The Bertz CT molecular complexity index is 388. The van der Waals surface area contributed by atoms with Crippen LogP contribution < -0.4 is 5.32 Å². The lowest BCUT2D eigenvalue weighted by atomic mass is 10.3. The highest BCUT2D eigenvalue weighted by Gasteiger charge is 2.22. The van der Waals surface area contributed by atoms with Gasteiger partial charge in [-0.1, -0.05) is 0 Å². The standard InChI is InChI=1S/C12H17BrN2OS/c1-9(12(16)15-5-2-3-6-15)14-8-11-10(13)4-7-17-11/h4,7,9,14H,2-3,5-6,8H2,1H3. The number of rotatable bonds is 4. The summed E-state index contributed by atoms with van der Waals surface area (Å²) in [4.78, 5) is 15.2. The van der Waals surface area contributed by atoms with E-state index < -0.39 is 0 Å². The van der Waals surface area contributed by atoms with Gasteiger partial charge >= 0.3 is 0 Å². The second kappa shape index (κ2) is 5.98. The van der Waals surface area contributed by atoms with Crippen molar-refractivity contribution < 1.29 is 4.79 Å². The van der Waals surface area contributed by atoms with Gasteiger partial charge in [0, 0.05) is 29.0 Å². The normalized spacial score (nSPS) is 17.4. The molecule has 1 aliphatic rings. The average Bonchev–Trinajstić information content (AvgIpc) is 2.96. The van der Waals surface area contributed by atoms with E-state index in [0.717, 1.165) is 36.9 Å². The van der Waals surface area contributed by atoms with Gasteiger partial charge in [-0.2, -0.15) is 0 Å². The van der Waals surface area contributed by atoms with Crippen LogP contribution in [0.4, 0.5) is 0 Å². The molecule has 3 nitrogen and oxygen atoms in total. The molecule has 0 spiro atoms. The van der Waals surface area contributed by atoms with Crippen LogP contribution in [0.3, 0.4) is 0 Å². The van der Waals surface area contributed by atoms with Crippen molar-refractivity contribution in [2.24, 2.45) is 0 Å². The quantitative estimate of drug-likeness (QED) is 0.926. The summed E-state index contributed by atoms with van der Waals surface area (Å²) < 4.78 is 1.12. The summed E-state index contributed by atoms with van der Waals surface area (Å²) >= 11 is 5.20. The summed E-state index contributed by atoms with van der Waals surface area (Å²) in [7, 11) is 0. The van der Waals surface area contributed by atoms with Crippen molar-refractivity contribution in [2.75, 3.05) is 13.1 Å². The number of amides is 1. The molecular formula is C12H17BrN2OS. The second-order valence-electron chi connectivity index (χ2n) is 4.33. The van der Waals surface area contributed by atoms with Gasteiger partial charge in [-0.3, -0.25) is 4.79 Å². The maximum absolute atomic E-state index is 12.0. The Labute approximate surface area is 114 Å². The first-order valence-electron chi connectivity index (χ1n) is 5.92. The molecule has 0 radical (unpaired) electrons. The van der Waals surface area contributed by atoms with E-state index in [-0.39, 0.29) is 11.9 Å². The molecule has 0 bridgehead atoms. The van der Waals surface area contributed by atoms with Gasteiger partial charge in [0.25, 0.3) is 0 Å². The lowest BCUT2D eigenvalue weighted by Crippen LogP contribution is -2.43. The third kappa shape index (κ3) is 3.30. The van der Waals surface area contributed by atoms with Crippen LogP contribution in [0.1, 0.15) is 24.6 Å². The molecule has 1 amide bonds. The summed E-state index contributed by atoms with van der Waals surface area (Å²) in [6.07, 6.45) is 2.30. The van der Waals surface area contributed by atoms with E-state index in [2.05, 4.69) is 21.2 Å². The Morgan fingerprint density at radius 1 is 1.59 bits per heavy atom. The van der Waals surface area contributed by atoms with Crippen molar-refractivity contribution in [1.82, 2.24) is 10.2 Å². The molecule has 0 aromatic carbocycles. The van der Waals surface area contributed by atoms with E-state index >= 15 is 0 Å². The van der Waals surface area contributed by atoms with Gasteiger partial charge in [0.05, 0.1) is 6.04 Å². The molecule has 1 aromatic heterocycles. The molecule has 0 aliphatic carbocycles. The zero-order chi connectivity index (χ0) is 12.3. The molecule has 1 N–H and O–H groups in total. The largest absolute Gasteiger partial charge is 0.341 e. The average molecular weight is 317 g/mol. The van der Waals surface area contributed by atoms with Gasteiger partial charge in [0.2, 0.25) is 5.91 Å². The molecular weight excluding hydrogens is 300 g/mol. The number of thiophene rings is 1. The molecule has 2 rings (SSSR count). The first-order chi connectivity index (χ1) is 8.18. The molecule has 17 heavy (non-hydrogen) atoms. The van der Waals surface area contributed by atoms with Crippen molar-refractivity contribution in [3.05, 3.63) is 20.8 Å². The zero-order valence-electron chi connectivity index (χ0n) is 9.91. The summed E-state index contributed by atoms with van der Waals surface area (Å²) in [5.41, 5.74) is 0. The molecule has 0 saturated carbocycles. The maximum Gasteiger partial charge on any atom is 0.239 e. The van der Waals surface area contributed by atoms with Crippen LogP contribution in [0.25, 0.3) is 0 Å². The molecule has 94 valence electrons. The molecule has 1 fully saturated rings. The number of hydrogen-bond donors (Lipinski definition) is 1. The molecule has 5 heteroatoms. The summed E-state index contributed by atoms with van der Waals surface area (Å²) in [6, 6.07) is 1.94. The third-order valence-electron chi connectivity index (χ3n) is 3.05. The van der Waals surface area contributed by atoms with E-state index in [4.69, 9.17) is 0 Å². The van der Waals surface area contributed by atoms with Crippen LogP contribution in [0.15, 0.2) is 15.9 Å². The zero-order valence-corrected chi connectivity index (χ0v) is 12.3. The van der Waals surface area contributed by atoms with E-state index in [1.54, 1.807) is 11.3 Å². The van der Waals surface area contributed by atoms with Gasteiger partial charge in [-0.05, 0) is 47.1 Å². The molecule has 1 unspecified atom stereocenters. The third-order valence-corrected chi connectivity index (χ3v) is 4.97. The molecule has 1 saturated heterocycles. The molecule has 1 aliphatic heterocycles. The van der Waals surface area contributed by atoms with E-state index in [1.807, 2.05) is 23.3 Å². The van der Waals surface area contributed by atoms with Gasteiger partial charge in [0.15, 0.2) is 0 Å². The van der Waals surface area contributed by atoms with Crippen LogP contribution in [-0.2, 0) is 11.3 Å². The highest BCUT2D eigenvalue weighted by molar-refractivity contribution is 9.10. The lowest BCUT2D eigenvalue weighted by Gasteiger charge is -2.21. The van der Waals surface area contributed by atoms with Crippen molar-refractivity contribution >= 4 is 33.2 Å². The number of nitrogens with zero attached hydrogens (tertiary/aromatic N) is 1. The highest BCUT2D eigenvalue weighted by Crippen LogP contribution is 2.22. The number of nitrogens with one attached hydrogen (secondary N) is 1. The fourth-order valence-corrected chi connectivity index (χ4v) is 3.44. The number of likely N-dealkylation sites (tertiary alicyclic amines) is 1. The van der Waals surface area contributed by atoms with Crippen molar-refractivity contribution in [3.8, 4) is 0 Å². The van der Waals surface area contributed by atoms with Crippen molar-refractivity contribution in [1.29, 1.82) is 0 Å². The van der Waals surface area contributed by atoms with Crippen LogP contribution in [-0.4, -0.2) is 29.9 Å². The van der Waals surface area contributed by atoms with E-state index in [0.29, 0.717) is 0 Å². The van der Waals surface area contributed by atoms with Gasteiger partial charge < -0.3 is 10.2 Å². The van der Waals surface area contributed by atoms with Crippen LogP contribution >= 0.6 is 27.3 Å². The Morgan fingerprint density at radius 3 is 2.88 bits per heavy atom. The van der Waals surface area contributed by atoms with Crippen LogP contribution in [0.2, 0.25) is 0 Å². The fourth-order valence-electron chi connectivity index (χ4n) is 2.00. The smallest absolute Gasteiger partial charge is 0.239 e. The predicted octanol–water partition coefficient (Wildman–Crippen LogP) is 2.61. The summed E-state index contributed by atoms with van der Waals surface area (Å²) in [5.74, 6) is 0.232. The molecule has 1 aromatic rings. The Hall–Kier alpha value is -0.390.